The molecule has 7 nitrogen and oxygen atoms in total. The lowest BCUT2D eigenvalue weighted by Crippen LogP contribution is -2.08. The number of pyridine rings is 1. The third kappa shape index (κ3) is 6.19. The van der Waals surface area contributed by atoms with Crippen LogP contribution in [0.2, 0.25) is 0 Å². The Kier molecular flexibility index (Phi) is 7.79. The van der Waals surface area contributed by atoms with Gasteiger partial charge in [-0.15, -0.1) is 10.2 Å². The van der Waals surface area contributed by atoms with Gasteiger partial charge in [-0.3, -0.25) is 4.99 Å². The van der Waals surface area contributed by atoms with Gasteiger partial charge in [-0.25, -0.2) is 27.5 Å². The van der Waals surface area contributed by atoms with Crippen molar-refractivity contribution in [1.29, 1.82) is 0 Å². The number of anilines is 2. The fraction of sp³-hybridized carbons (Fsp3) is 0.136. The van der Waals surface area contributed by atoms with Crippen molar-refractivity contribution in [2.24, 2.45) is 4.99 Å². The van der Waals surface area contributed by atoms with Gasteiger partial charge in [0.2, 0.25) is 11.8 Å². The molecule has 2 aromatic heterocycles. The van der Waals surface area contributed by atoms with Gasteiger partial charge in [0.25, 0.3) is 6.43 Å². The summed E-state index contributed by atoms with van der Waals surface area (Å²) >= 11 is 0. The monoisotopic (exact) mass is 458 g/mol. The van der Waals surface area contributed by atoms with E-state index >= 15 is 0 Å². The Balaban J connectivity index is 1.99. The number of nitrogens with one attached hydrogen (secondary N) is 1. The Bertz CT molecular complexity index is 1180. The van der Waals surface area contributed by atoms with Crippen molar-refractivity contribution in [3.8, 4) is 17.1 Å². The molecule has 0 saturated heterocycles. The number of nitrogens with zero attached hydrogens (tertiary/aromatic N) is 5. The van der Waals surface area contributed by atoms with Crippen LogP contribution in [0.25, 0.3) is 16.8 Å². The molecule has 0 spiro atoms. The summed E-state index contributed by atoms with van der Waals surface area (Å²) in [5.74, 6) is -1.21. The SMILES string of the molecule is C=N/C=C\C(=C(/C)F)c1nnc(Nc2ccc(OCC(F)F)nc2)nc1-c1ccccc1F. The van der Waals surface area contributed by atoms with Crippen molar-refractivity contribution in [2.45, 2.75) is 13.3 Å². The van der Waals surface area contributed by atoms with Gasteiger partial charge in [0.05, 0.1) is 11.9 Å². The molecule has 1 N–H and O–H groups in total. The number of hydrogen-bond acceptors (Lipinski definition) is 7. The number of aromatic nitrogens is 4. The maximum absolute atomic E-state index is 14.6. The van der Waals surface area contributed by atoms with E-state index in [1.54, 1.807) is 6.07 Å². The van der Waals surface area contributed by atoms with Crippen LogP contribution in [0.3, 0.4) is 0 Å². The lowest BCUT2D eigenvalue weighted by atomic mass is 10.0. The van der Waals surface area contributed by atoms with Gasteiger partial charge in [-0.1, -0.05) is 12.1 Å². The fourth-order valence-electron chi connectivity index (χ4n) is 2.70. The first kappa shape index (κ1) is 23.5. The molecule has 0 fully saturated rings. The maximum atomic E-state index is 14.6. The molecule has 0 bridgehead atoms. The summed E-state index contributed by atoms with van der Waals surface area (Å²) in [6.45, 7) is 3.75. The van der Waals surface area contributed by atoms with Gasteiger partial charge in [0, 0.05) is 23.4 Å². The summed E-state index contributed by atoms with van der Waals surface area (Å²) in [6, 6.07) is 8.71. The van der Waals surface area contributed by atoms with Gasteiger partial charge in [0.15, 0.2) is 6.61 Å². The first-order valence-electron chi connectivity index (χ1n) is 9.51. The molecule has 0 unspecified atom stereocenters. The van der Waals surface area contributed by atoms with Crippen molar-refractivity contribution in [1.82, 2.24) is 20.2 Å². The second kappa shape index (κ2) is 10.9. The van der Waals surface area contributed by atoms with Crippen molar-refractivity contribution in [3.05, 3.63) is 72.2 Å². The van der Waals surface area contributed by atoms with Gasteiger partial charge >= 0.3 is 0 Å². The lowest BCUT2D eigenvalue weighted by molar-refractivity contribution is 0.0796. The van der Waals surface area contributed by atoms with Gasteiger partial charge in [-0.2, -0.15) is 0 Å². The molecule has 3 rings (SSSR count). The molecular weight excluding hydrogens is 440 g/mol. The highest BCUT2D eigenvalue weighted by Crippen LogP contribution is 2.31. The third-order valence-corrected chi connectivity index (χ3v) is 4.14. The molecule has 0 aliphatic carbocycles. The topological polar surface area (TPSA) is 85.2 Å². The van der Waals surface area contributed by atoms with E-state index in [9.17, 15) is 17.6 Å². The molecule has 0 radical (unpaired) electrons. The molecular formula is C22H18F4N6O. The number of alkyl halides is 2. The number of benzene rings is 1. The third-order valence-electron chi connectivity index (χ3n) is 4.14. The van der Waals surface area contributed by atoms with Crippen LogP contribution in [0.1, 0.15) is 12.6 Å². The van der Waals surface area contributed by atoms with Crippen LogP contribution in [-0.4, -0.2) is 39.9 Å². The van der Waals surface area contributed by atoms with E-state index in [-0.39, 0.29) is 34.4 Å². The molecule has 0 aliphatic rings. The Morgan fingerprint density at radius 3 is 2.64 bits per heavy atom. The summed E-state index contributed by atoms with van der Waals surface area (Å²) in [5.41, 5.74) is 0.518. The van der Waals surface area contributed by atoms with E-state index in [1.165, 1.54) is 55.7 Å². The minimum atomic E-state index is -2.62. The zero-order valence-electron chi connectivity index (χ0n) is 17.3. The van der Waals surface area contributed by atoms with Crippen LogP contribution >= 0.6 is 0 Å². The van der Waals surface area contributed by atoms with Gasteiger partial charge in [-0.05, 0) is 37.9 Å². The van der Waals surface area contributed by atoms with E-state index in [0.29, 0.717) is 5.69 Å². The molecule has 0 amide bonds. The molecule has 1 aromatic carbocycles. The predicted molar refractivity (Wildman–Crippen MR) is 117 cm³/mol. The number of allylic oxidation sites excluding steroid dienone is 3. The summed E-state index contributed by atoms with van der Waals surface area (Å²) in [4.78, 5) is 11.8. The van der Waals surface area contributed by atoms with Crippen LogP contribution in [0, 0.1) is 5.82 Å². The first-order valence-corrected chi connectivity index (χ1v) is 9.51. The molecule has 11 heteroatoms. The summed E-state index contributed by atoms with van der Waals surface area (Å²) in [6.07, 6.45) is 1.29. The van der Waals surface area contributed by atoms with E-state index in [1.807, 2.05) is 0 Å². The highest BCUT2D eigenvalue weighted by atomic mass is 19.3. The van der Waals surface area contributed by atoms with Crippen LogP contribution in [0.15, 0.2) is 65.7 Å². The highest BCUT2D eigenvalue weighted by Gasteiger charge is 2.19. The van der Waals surface area contributed by atoms with E-state index in [0.717, 1.165) is 0 Å². The normalized spacial score (nSPS) is 12.1. The van der Waals surface area contributed by atoms with Gasteiger partial charge < -0.3 is 10.1 Å². The van der Waals surface area contributed by atoms with E-state index < -0.39 is 24.7 Å². The smallest absolute Gasteiger partial charge is 0.272 e. The molecule has 2 heterocycles. The largest absolute Gasteiger partial charge is 0.472 e. The Morgan fingerprint density at radius 2 is 2.00 bits per heavy atom. The van der Waals surface area contributed by atoms with E-state index in [2.05, 4.69) is 37.2 Å². The zero-order valence-corrected chi connectivity index (χ0v) is 17.3. The van der Waals surface area contributed by atoms with Gasteiger partial charge in [0.1, 0.15) is 23.0 Å². The summed E-state index contributed by atoms with van der Waals surface area (Å²) in [7, 11) is 0. The second-order valence-corrected chi connectivity index (χ2v) is 6.47. The quantitative estimate of drug-likeness (QED) is 0.263. The Morgan fingerprint density at radius 1 is 1.21 bits per heavy atom. The maximum Gasteiger partial charge on any atom is 0.272 e. The number of ether oxygens (including phenoxy) is 1. The number of rotatable bonds is 9. The Labute approximate surface area is 186 Å². The molecule has 3 aromatic rings. The van der Waals surface area contributed by atoms with Crippen molar-refractivity contribution in [3.63, 3.8) is 0 Å². The van der Waals surface area contributed by atoms with Crippen LogP contribution < -0.4 is 10.1 Å². The van der Waals surface area contributed by atoms with Crippen LogP contribution in [-0.2, 0) is 0 Å². The number of halogens is 4. The lowest BCUT2D eigenvalue weighted by Gasteiger charge is -2.12. The van der Waals surface area contributed by atoms with Crippen molar-refractivity contribution < 1.29 is 22.3 Å². The Hall–Kier alpha value is -4.15. The molecule has 0 aliphatic heterocycles. The molecule has 0 atom stereocenters. The predicted octanol–water partition coefficient (Wildman–Crippen LogP) is 5.38. The van der Waals surface area contributed by atoms with Crippen LogP contribution in [0.4, 0.5) is 29.2 Å². The number of aliphatic imine (C=N–C) groups is 1. The molecule has 0 saturated carbocycles. The average molecular weight is 458 g/mol. The summed E-state index contributed by atoms with van der Waals surface area (Å²) in [5, 5.41) is 10.8. The van der Waals surface area contributed by atoms with E-state index in [4.69, 9.17) is 4.74 Å². The summed E-state index contributed by atoms with van der Waals surface area (Å²) < 4.78 is 58.1. The minimum absolute atomic E-state index is 0.000535. The first-order chi connectivity index (χ1) is 15.9. The average Bonchev–Trinajstić information content (AvgIpc) is 2.79. The molecule has 33 heavy (non-hydrogen) atoms. The molecule has 170 valence electrons. The van der Waals surface area contributed by atoms with Crippen LogP contribution in [0.5, 0.6) is 5.88 Å². The standard InChI is InChI=1S/C22H18F4N6O/c1-13(23)15(9-10-27-2)21-20(16-5-3-4-6-17(16)24)30-22(32-31-21)29-14-7-8-19(28-11-14)33-12-18(25)26/h3-11,18H,2,12H2,1H3,(H,29,30,32)/b10-9-,15-13-. The number of hydrogen-bond donors (Lipinski definition) is 1. The zero-order chi connectivity index (χ0) is 23.8. The minimum Gasteiger partial charge on any atom is -0.472 e. The van der Waals surface area contributed by atoms with Crippen molar-refractivity contribution in [2.75, 3.05) is 11.9 Å². The fourth-order valence-corrected chi connectivity index (χ4v) is 2.70. The highest BCUT2D eigenvalue weighted by molar-refractivity contribution is 5.82. The van der Waals surface area contributed by atoms with Crippen molar-refractivity contribution >= 4 is 23.9 Å². The second-order valence-electron chi connectivity index (χ2n) is 6.47.